The first-order chi connectivity index (χ1) is 2.27. The van der Waals surface area contributed by atoms with E-state index < -0.39 is 0 Å². The Hall–Kier alpha value is 0.530. The lowest BCUT2D eigenvalue weighted by Crippen LogP contribution is -1.80. The first kappa shape index (κ1) is 5.53. The highest BCUT2D eigenvalue weighted by Gasteiger charge is 1.66. The fraction of sp³-hybridized carbons (Fsp3) is 1.00. The van der Waals surface area contributed by atoms with Gasteiger partial charge in [-0.2, -0.15) is 0 Å². The summed E-state index contributed by atoms with van der Waals surface area (Å²) in [5, 5.41) is 0. The molecule has 0 aromatic carbocycles. The molecule has 0 bridgehead atoms. The third kappa shape index (κ3) is 4.53. The zero-order valence-corrected chi connectivity index (χ0v) is 4.86. The molecule has 1 nitrogen and oxygen atoms in total. The van der Waals surface area contributed by atoms with Gasteiger partial charge in [-0.05, 0) is 11.2 Å². The van der Waals surface area contributed by atoms with Gasteiger partial charge >= 0.3 is 0 Å². The van der Waals surface area contributed by atoms with Gasteiger partial charge in [0.25, 0.3) is 0 Å². The Balaban J connectivity index is 2.85. The predicted molar refractivity (Wildman–Crippen MR) is 27.7 cm³/mol. The van der Waals surface area contributed by atoms with E-state index in [-0.39, 0.29) is 9.74 Å². The summed E-state index contributed by atoms with van der Waals surface area (Å²) in [7, 11) is 1.37. The van der Waals surface area contributed by atoms with Crippen molar-refractivity contribution in [3.05, 3.63) is 0 Å². The van der Waals surface area contributed by atoms with E-state index in [9.17, 15) is 0 Å². The predicted octanol–water partition coefficient (Wildman–Crippen LogP) is 0.258. The van der Waals surface area contributed by atoms with Gasteiger partial charge in [0.15, 0.2) is 0 Å². The molecule has 0 spiro atoms. The van der Waals surface area contributed by atoms with Crippen LogP contribution in [0, 0.1) is 0 Å². The Kier molecular flexibility index (Phi) is 3.04. The average Bonchev–Trinajstić information content (AvgIpc) is 1.38. The lowest BCUT2D eigenvalue weighted by Gasteiger charge is -1.83. The highest BCUT2D eigenvalue weighted by atomic mass is 32.8. The summed E-state index contributed by atoms with van der Waals surface area (Å²) < 4.78 is 4.59. The monoisotopic (exact) mass is 110 g/mol. The lowest BCUT2D eigenvalue weighted by molar-refractivity contribution is 0.487. The van der Waals surface area contributed by atoms with Crippen LogP contribution in [-0.2, 0) is 25.1 Å². The Bertz CT molecular complexity index is 42.9. The van der Waals surface area contributed by atoms with E-state index in [1.165, 1.54) is 0 Å². The third-order valence-corrected chi connectivity index (χ3v) is 1.11. The Morgan fingerprint density at radius 1 is 1.80 bits per heavy atom. The molecule has 0 fully saturated rings. The second kappa shape index (κ2) is 2.75. The van der Waals surface area contributed by atoms with Gasteiger partial charge in [-0.25, -0.2) is 0 Å². The van der Waals surface area contributed by atoms with Gasteiger partial charge in [-0.15, -0.1) is 0 Å². The van der Waals surface area contributed by atoms with Crippen LogP contribution in [-0.4, -0.2) is 13.4 Å². The van der Waals surface area contributed by atoms with Crippen molar-refractivity contribution in [2.75, 3.05) is 13.4 Å². The molecule has 0 amide bonds. The SMILES string of the molecule is COS(C)=S. The van der Waals surface area contributed by atoms with Crippen molar-refractivity contribution in [3.8, 4) is 0 Å². The molecule has 0 aromatic rings. The molecule has 0 saturated heterocycles. The topological polar surface area (TPSA) is 9.23 Å². The standard InChI is InChI=1S/C2H6OS2/c1-3-5(2)4/h1-2H3. The van der Waals surface area contributed by atoms with E-state index in [1.807, 2.05) is 6.26 Å². The Morgan fingerprint density at radius 3 is 2.00 bits per heavy atom. The molecule has 1 atom stereocenters. The van der Waals surface area contributed by atoms with Crippen molar-refractivity contribution >= 4 is 20.9 Å². The van der Waals surface area contributed by atoms with Crippen LogP contribution in [0.1, 0.15) is 0 Å². The van der Waals surface area contributed by atoms with Gasteiger partial charge in [0.05, 0.1) is 7.11 Å². The molecular weight excluding hydrogens is 104 g/mol. The van der Waals surface area contributed by atoms with Crippen LogP contribution in [0.25, 0.3) is 0 Å². The largest absolute Gasteiger partial charge is 0.316 e. The minimum atomic E-state index is -0.239. The molecule has 3 heteroatoms. The second-order valence-corrected chi connectivity index (χ2v) is 3.11. The molecule has 0 saturated carbocycles. The smallest absolute Gasteiger partial charge is 0.0506 e. The Labute approximate surface area is 39.1 Å². The van der Waals surface area contributed by atoms with Crippen LogP contribution in [0.5, 0.6) is 0 Å². The van der Waals surface area contributed by atoms with Gasteiger partial charge < -0.3 is 4.18 Å². The van der Waals surface area contributed by atoms with Gasteiger partial charge in [-0.1, -0.05) is 0 Å². The van der Waals surface area contributed by atoms with Crippen LogP contribution < -0.4 is 0 Å². The van der Waals surface area contributed by atoms with Crippen molar-refractivity contribution in [3.63, 3.8) is 0 Å². The van der Waals surface area contributed by atoms with Crippen LogP contribution in [0.2, 0.25) is 0 Å². The van der Waals surface area contributed by atoms with Crippen molar-refractivity contribution in [2.24, 2.45) is 0 Å². The first-order valence-electron chi connectivity index (χ1n) is 1.15. The maximum atomic E-state index is 4.59. The van der Waals surface area contributed by atoms with Crippen molar-refractivity contribution < 1.29 is 4.18 Å². The molecule has 0 N–H and O–H groups in total. The quantitative estimate of drug-likeness (QED) is 0.479. The van der Waals surface area contributed by atoms with E-state index >= 15 is 0 Å². The average molecular weight is 110 g/mol. The summed E-state index contributed by atoms with van der Waals surface area (Å²) >= 11 is 4.59. The van der Waals surface area contributed by atoms with E-state index in [1.54, 1.807) is 7.11 Å². The van der Waals surface area contributed by atoms with Gasteiger partial charge in [0, 0.05) is 16.0 Å². The second-order valence-electron chi connectivity index (χ2n) is 0.568. The normalized spacial score (nSPS) is 14.8. The number of hydrogen-bond acceptors (Lipinski definition) is 2. The highest BCUT2D eigenvalue weighted by molar-refractivity contribution is 8.25. The molecule has 0 aliphatic heterocycles. The van der Waals surface area contributed by atoms with Crippen molar-refractivity contribution in [1.29, 1.82) is 0 Å². The Morgan fingerprint density at radius 2 is 2.00 bits per heavy atom. The summed E-state index contributed by atoms with van der Waals surface area (Å²) in [5.74, 6) is 0. The minimum absolute atomic E-state index is 0.239. The van der Waals surface area contributed by atoms with Gasteiger partial charge in [0.2, 0.25) is 0 Å². The first-order valence-corrected chi connectivity index (χ1v) is 3.63. The minimum Gasteiger partial charge on any atom is -0.316 e. The molecule has 0 aliphatic rings. The van der Waals surface area contributed by atoms with Crippen LogP contribution in [0.4, 0.5) is 0 Å². The number of rotatable bonds is 1. The fourth-order valence-corrected chi connectivity index (χ4v) is 0. The van der Waals surface area contributed by atoms with Crippen molar-refractivity contribution in [2.45, 2.75) is 0 Å². The van der Waals surface area contributed by atoms with E-state index in [4.69, 9.17) is 0 Å². The molecule has 0 aliphatic carbocycles. The summed E-state index contributed by atoms with van der Waals surface area (Å²) in [6.45, 7) is 0. The molecule has 32 valence electrons. The van der Waals surface area contributed by atoms with E-state index in [2.05, 4.69) is 15.4 Å². The van der Waals surface area contributed by atoms with Crippen LogP contribution in [0.15, 0.2) is 0 Å². The maximum Gasteiger partial charge on any atom is 0.0506 e. The molecule has 0 aromatic heterocycles. The number of hydrogen-bond donors (Lipinski definition) is 0. The molecule has 0 radical (unpaired) electrons. The lowest BCUT2D eigenvalue weighted by atomic mass is 11.8. The molecule has 0 rings (SSSR count). The summed E-state index contributed by atoms with van der Waals surface area (Å²) in [6.07, 6.45) is 1.84. The van der Waals surface area contributed by atoms with Crippen LogP contribution >= 0.6 is 0 Å². The van der Waals surface area contributed by atoms with E-state index in [0.717, 1.165) is 0 Å². The van der Waals surface area contributed by atoms with Crippen LogP contribution in [0.3, 0.4) is 0 Å². The molecule has 5 heavy (non-hydrogen) atoms. The molecule has 1 unspecified atom stereocenters. The zero-order valence-electron chi connectivity index (χ0n) is 3.22. The summed E-state index contributed by atoms with van der Waals surface area (Å²) in [4.78, 5) is 0. The van der Waals surface area contributed by atoms with Gasteiger partial charge in [-0.3, -0.25) is 0 Å². The van der Waals surface area contributed by atoms with Crippen molar-refractivity contribution in [1.82, 2.24) is 0 Å². The third-order valence-electron chi connectivity index (χ3n) is 0.235. The molecule has 0 heterocycles. The van der Waals surface area contributed by atoms with E-state index in [0.29, 0.717) is 0 Å². The zero-order chi connectivity index (χ0) is 4.28. The highest BCUT2D eigenvalue weighted by Crippen LogP contribution is 1.67. The molecular formula is C2H6OS2. The van der Waals surface area contributed by atoms with Gasteiger partial charge in [0.1, 0.15) is 0 Å². The fourth-order valence-electron chi connectivity index (χ4n) is 0. The maximum absolute atomic E-state index is 4.59. The summed E-state index contributed by atoms with van der Waals surface area (Å²) in [6, 6.07) is 0. The summed E-state index contributed by atoms with van der Waals surface area (Å²) in [5.41, 5.74) is 0.